The predicted molar refractivity (Wildman–Crippen MR) is 40.3 cm³/mol. The Morgan fingerprint density at radius 2 is 0.833 bits per heavy atom. The molecule has 0 spiro atoms. The maximum Gasteiger partial charge on any atom is 0 e. The van der Waals surface area contributed by atoms with Crippen LogP contribution in [0.4, 0.5) is 0 Å². The van der Waals surface area contributed by atoms with Crippen LogP contribution in [0.1, 0.15) is 13.8 Å². The van der Waals surface area contributed by atoms with Crippen molar-refractivity contribution in [3.05, 3.63) is 38.2 Å². The van der Waals surface area contributed by atoms with E-state index >= 15 is 0 Å². The zero-order valence-electron chi connectivity index (χ0n) is 7.22. The summed E-state index contributed by atoms with van der Waals surface area (Å²) in [5.74, 6) is 0. The average Bonchev–Trinajstić information content (AvgIpc) is 1.25. The second-order valence-electron chi connectivity index (χ2n) is 1.91. The van der Waals surface area contributed by atoms with E-state index in [0.717, 1.165) is 11.1 Å². The second-order valence-corrected chi connectivity index (χ2v) is 1.91. The van der Waals surface area contributed by atoms with E-state index in [-0.39, 0.29) is 57.8 Å². The van der Waals surface area contributed by atoms with Crippen molar-refractivity contribution in [2.75, 3.05) is 0 Å². The topological polar surface area (TPSA) is 0 Å². The number of hydrogen-bond acceptors (Lipinski definition) is 0. The van der Waals surface area contributed by atoms with Crippen molar-refractivity contribution in [3.63, 3.8) is 0 Å². The van der Waals surface area contributed by atoms with E-state index in [0.29, 0.717) is 0 Å². The molecule has 0 aliphatic heterocycles. The van der Waals surface area contributed by atoms with Gasteiger partial charge in [-0.1, -0.05) is 13.8 Å². The molecule has 0 nitrogen and oxygen atoms in total. The largest absolute Gasteiger partial charge is 1.00 e. The summed E-state index contributed by atoms with van der Waals surface area (Å²) in [6.45, 7) is 17.5. The van der Waals surface area contributed by atoms with Crippen LogP contribution in [0.3, 0.4) is 0 Å². The fourth-order valence-electron chi connectivity index (χ4n) is 0. The van der Waals surface area contributed by atoms with Gasteiger partial charge in [-0.3, -0.25) is 0 Å². The van der Waals surface area contributed by atoms with Gasteiger partial charge >= 0.3 is 0 Å². The van der Waals surface area contributed by atoms with Gasteiger partial charge in [0.2, 0.25) is 0 Å². The number of hydrogen-bond donors (Lipinski definition) is 0. The Labute approximate surface area is 109 Å². The Morgan fingerprint density at radius 1 is 0.833 bits per heavy atom. The van der Waals surface area contributed by atoms with Crippen LogP contribution in [0.2, 0.25) is 0 Å². The molecule has 84 valence electrons. The van der Waals surface area contributed by atoms with Gasteiger partial charge in [-0.15, -0.1) is 0 Å². The summed E-state index contributed by atoms with van der Waals surface area (Å²) in [6.07, 6.45) is 0. The SMILES string of the molecule is C=C([CH2-])C.C=C([CH2-])C.[Cl-].[Cl-].[Ni].[Ni]. The Hall–Kier alpha value is 0.787. The van der Waals surface area contributed by atoms with Crippen LogP contribution in [0.5, 0.6) is 0 Å². The maximum absolute atomic E-state index is 3.44. The zero-order chi connectivity index (χ0) is 7.15. The number of halogens is 2. The van der Waals surface area contributed by atoms with Crippen LogP contribution < -0.4 is 24.8 Å². The molecule has 4 heteroatoms. The summed E-state index contributed by atoms with van der Waals surface area (Å²) in [7, 11) is 0. The molecule has 0 fully saturated rings. The Morgan fingerprint density at radius 3 is 0.833 bits per heavy atom. The molecule has 0 aromatic rings. The first-order valence-corrected chi connectivity index (χ1v) is 2.41. The molecular weight excluding hydrogens is 284 g/mol. The van der Waals surface area contributed by atoms with E-state index < -0.39 is 0 Å². The van der Waals surface area contributed by atoms with Crippen LogP contribution in [0.25, 0.3) is 0 Å². The first-order valence-electron chi connectivity index (χ1n) is 2.41. The van der Waals surface area contributed by atoms with Gasteiger partial charge in [0, 0.05) is 33.0 Å². The molecule has 0 saturated carbocycles. The van der Waals surface area contributed by atoms with E-state index in [4.69, 9.17) is 0 Å². The van der Waals surface area contributed by atoms with Crippen molar-refractivity contribution < 1.29 is 57.8 Å². The molecule has 0 aromatic carbocycles. The monoisotopic (exact) mass is 296 g/mol. The third kappa shape index (κ3) is 1670. The van der Waals surface area contributed by atoms with Crippen LogP contribution >= 0.6 is 0 Å². The molecule has 0 heterocycles. The smallest absolute Gasteiger partial charge is 0 e. The van der Waals surface area contributed by atoms with Crippen LogP contribution in [-0.4, -0.2) is 0 Å². The number of rotatable bonds is 0. The maximum atomic E-state index is 3.44. The standard InChI is InChI=1S/2C4H7.2ClH.2Ni/c2*1-4(2)3;;;;/h2*1-2H2,3H3;2*1H;;/q2*-1;;;;/p-2. The molecule has 12 heavy (non-hydrogen) atoms. The van der Waals surface area contributed by atoms with Crippen molar-refractivity contribution in [1.29, 1.82) is 0 Å². The van der Waals surface area contributed by atoms with Crippen molar-refractivity contribution >= 4 is 0 Å². The fourth-order valence-corrected chi connectivity index (χ4v) is 0. The molecule has 0 rings (SSSR count). The molecular formula is C8H14Cl2Ni2-4. The van der Waals surface area contributed by atoms with Gasteiger partial charge in [-0.2, -0.15) is 0 Å². The van der Waals surface area contributed by atoms with Gasteiger partial charge in [0.05, 0.1) is 0 Å². The minimum Gasteiger partial charge on any atom is -1.00 e. The van der Waals surface area contributed by atoms with Crippen molar-refractivity contribution in [2.45, 2.75) is 13.8 Å². The van der Waals surface area contributed by atoms with Crippen LogP contribution in [0.15, 0.2) is 24.3 Å². The van der Waals surface area contributed by atoms with E-state index in [2.05, 4.69) is 27.0 Å². The molecule has 0 saturated heterocycles. The minimum absolute atomic E-state index is 0. The summed E-state index contributed by atoms with van der Waals surface area (Å²) < 4.78 is 0. The van der Waals surface area contributed by atoms with Gasteiger partial charge in [0.25, 0.3) is 0 Å². The third-order valence-electron chi connectivity index (χ3n) is 0. The van der Waals surface area contributed by atoms with Gasteiger partial charge in [0.15, 0.2) is 0 Å². The molecule has 0 bridgehead atoms. The molecule has 0 N–H and O–H groups in total. The van der Waals surface area contributed by atoms with Gasteiger partial charge in [-0.25, -0.2) is 38.2 Å². The predicted octanol–water partition coefficient (Wildman–Crippen LogP) is -3.20. The summed E-state index contributed by atoms with van der Waals surface area (Å²) in [5.41, 5.74) is 1.83. The normalized spacial score (nSPS) is 4.17. The van der Waals surface area contributed by atoms with Crippen molar-refractivity contribution in [2.24, 2.45) is 0 Å². The summed E-state index contributed by atoms with van der Waals surface area (Å²) in [4.78, 5) is 0. The first kappa shape index (κ1) is 38.6. The van der Waals surface area contributed by atoms with Crippen molar-refractivity contribution in [3.8, 4) is 0 Å². The summed E-state index contributed by atoms with van der Waals surface area (Å²) in [6, 6.07) is 0. The zero-order valence-corrected chi connectivity index (χ0v) is 10.7. The average molecular weight is 298 g/mol. The quantitative estimate of drug-likeness (QED) is 0.326. The van der Waals surface area contributed by atoms with E-state index in [1.165, 1.54) is 0 Å². The minimum atomic E-state index is 0. The summed E-state index contributed by atoms with van der Waals surface area (Å²) in [5, 5.41) is 0. The molecule has 0 aliphatic rings. The summed E-state index contributed by atoms with van der Waals surface area (Å²) >= 11 is 0. The fraction of sp³-hybridized carbons (Fsp3) is 0.250. The second kappa shape index (κ2) is 29.8. The van der Waals surface area contributed by atoms with Gasteiger partial charge in [0.1, 0.15) is 0 Å². The number of allylic oxidation sites excluding steroid dienone is 2. The van der Waals surface area contributed by atoms with E-state index in [9.17, 15) is 0 Å². The van der Waals surface area contributed by atoms with Crippen LogP contribution in [0, 0.1) is 13.8 Å². The molecule has 0 radical (unpaired) electrons. The third-order valence-corrected chi connectivity index (χ3v) is 0. The molecule has 0 unspecified atom stereocenters. The Bertz CT molecular complexity index is 73.1. The van der Waals surface area contributed by atoms with E-state index in [1.54, 1.807) is 0 Å². The van der Waals surface area contributed by atoms with Gasteiger partial charge < -0.3 is 24.8 Å². The van der Waals surface area contributed by atoms with Crippen LogP contribution in [-0.2, 0) is 33.0 Å². The molecule has 0 aliphatic carbocycles. The molecule has 0 aromatic heterocycles. The van der Waals surface area contributed by atoms with E-state index in [1.807, 2.05) is 13.8 Å². The Kier molecular flexibility index (Phi) is 95.7. The Balaban J connectivity index is -0.0000000112. The van der Waals surface area contributed by atoms with Crippen molar-refractivity contribution in [1.82, 2.24) is 0 Å². The van der Waals surface area contributed by atoms with Gasteiger partial charge in [-0.05, 0) is 0 Å². The molecule has 0 atom stereocenters. The molecule has 0 amide bonds. The first-order chi connectivity index (χ1) is 3.46.